The van der Waals surface area contributed by atoms with Crippen LogP contribution in [0.15, 0.2) is 46.0 Å². The van der Waals surface area contributed by atoms with Gasteiger partial charge in [-0.3, -0.25) is 14.9 Å². The Hall–Kier alpha value is -2.43. The summed E-state index contributed by atoms with van der Waals surface area (Å²) in [6.07, 6.45) is 0. The number of rotatable bonds is 8. The maximum Gasteiger partial charge on any atom is 0.270 e. The second-order valence-corrected chi connectivity index (χ2v) is 8.26. The number of halogens is 2. The Morgan fingerprint density at radius 1 is 1.30 bits per heavy atom. The lowest BCUT2D eigenvalue weighted by Gasteiger charge is -2.11. The minimum absolute atomic E-state index is 0.0462. The Labute approximate surface area is 189 Å². The molecule has 0 amide bonds. The summed E-state index contributed by atoms with van der Waals surface area (Å²) in [4.78, 5) is 23.1. The smallest absolute Gasteiger partial charge is 0.270 e. The quantitative estimate of drug-likeness (QED) is 0.176. The Kier molecular flexibility index (Phi) is 7.11. The van der Waals surface area contributed by atoms with Crippen molar-refractivity contribution in [2.75, 3.05) is 12.9 Å². The van der Waals surface area contributed by atoms with Crippen LogP contribution in [0.4, 0.5) is 5.69 Å². The third-order valence-corrected chi connectivity index (χ3v) is 6.12. The Balaban J connectivity index is 1.86. The topological polar surface area (TPSA) is 100 Å². The van der Waals surface area contributed by atoms with Crippen molar-refractivity contribution in [3.8, 4) is 17.1 Å². The summed E-state index contributed by atoms with van der Waals surface area (Å²) in [5.74, 6) is 0.964. The fourth-order valence-corrected chi connectivity index (χ4v) is 4.31. The summed E-state index contributed by atoms with van der Waals surface area (Å²) < 4.78 is 7.76. The summed E-state index contributed by atoms with van der Waals surface area (Å²) in [7, 11) is 1.56. The van der Waals surface area contributed by atoms with Gasteiger partial charge in [-0.25, -0.2) is 0 Å². The lowest BCUT2D eigenvalue weighted by molar-refractivity contribution is -0.384. The first kappa shape index (κ1) is 22.3. The zero-order valence-electron chi connectivity index (χ0n) is 16.0. The van der Waals surface area contributed by atoms with E-state index in [0.29, 0.717) is 38.3 Å². The number of nitrogens with zero attached hydrogens (tertiary/aromatic N) is 4. The van der Waals surface area contributed by atoms with Gasteiger partial charge in [0.15, 0.2) is 16.8 Å². The fourth-order valence-electron chi connectivity index (χ4n) is 2.78. The van der Waals surface area contributed by atoms with Crippen LogP contribution >= 0.6 is 39.3 Å². The number of nitro benzene ring substituents is 1. The molecular weight excluding hydrogens is 496 g/mol. The summed E-state index contributed by atoms with van der Waals surface area (Å²) in [6.45, 7) is 2.50. The Morgan fingerprint density at radius 3 is 2.73 bits per heavy atom. The average Bonchev–Trinajstić information content (AvgIpc) is 3.14. The molecule has 1 aromatic heterocycles. The summed E-state index contributed by atoms with van der Waals surface area (Å²) in [5, 5.41) is 20.5. The zero-order valence-corrected chi connectivity index (χ0v) is 19.1. The lowest BCUT2D eigenvalue weighted by atomic mass is 10.1. The van der Waals surface area contributed by atoms with E-state index in [1.807, 2.05) is 11.5 Å². The molecule has 0 bridgehead atoms. The highest BCUT2D eigenvalue weighted by Crippen LogP contribution is 2.33. The molecule has 0 radical (unpaired) electrons. The molecule has 0 aliphatic heterocycles. The van der Waals surface area contributed by atoms with Crippen LogP contribution in [0.25, 0.3) is 11.4 Å². The van der Waals surface area contributed by atoms with Crippen molar-refractivity contribution in [2.45, 2.75) is 18.6 Å². The van der Waals surface area contributed by atoms with E-state index in [1.165, 1.54) is 30.0 Å². The summed E-state index contributed by atoms with van der Waals surface area (Å²) in [5.41, 5.74) is 0.800. The lowest BCUT2D eigenvalue weighted by Crippen LogP contribution is -2.07. The number of methoxy groups -OCH3 is 1. The average molecular weight is 512 g/mol. The van der Waals surface area contributed by atoms with Crippen LogP contribution in [-0.2, 0) is 6.54 Å². The van der Waals surface area contributed by atoms with Crippen LogP contribution in [0.2, 0.25) is 5.02 Å². The van der Waals surface area contributed by atoms with E-state index in [2.05, 4.69) is 26.1 Å². The molecule has 0 saturated carbocycles. The van der Waals surface area contributed by atoms with Gasteiger partial charge in [-0.1, -0.05) is 39.3 Å². The van der Waals surface area contributed by atoms with Crippen LogP contribution in [0.5, 0.6) is 5.75 Å². The third kappa shape index (κ3) is 4.66. The van der Waals surface area contributed by atoms with Crippen molar-refractivity contribution < 1.29 is 14.5 Å². The van der Waals surface area contributed by atoms with Gasteiger partial charge in [-0.05, 0) is 31.2 Å². The van der Waals surface area contributed by atoms with Crippen molar-refractivity contribution in [2.24, 2.45) is 0 Å². The van der Waals surface area contributed by atoms with E-state index < -0.39 is 4.92 Å². The highest BCUT2D eigenvalue weighted by molar-refractivity contribution is 9.10. The number of ketones is 1. The van der Waals surface area contributed by atoms with Gasteiger partial charge in [0.1, 0.15) is 5.75 Å². The second-order valence-electron chi connectivity index (χ2n) is 6.03. The molecule has 3 rings (SSSR count). The SMILES string of the molecule is CCn1c(SCC(=O)c2cc([N+](=O)[O-])ccc2Br)nnc1-c1cc(Cl)ccc1OC. The number of thioether (sulfide) groups is 1. The van der Waals surface area contributed by atoms with E-state index in [9.17, 15) is 14.9 Å². The molecule has 11 heteroatoms. The first-order valence-electron chi connectivity index (χ1n) is 8.72. The first-order chi connectivity index (χ1) is 14.3. The maximum atomic E-state index is 12.7. The zero-order chi connectivity index (χ0) is 21.8. The number of non-ortho nitro benzene ring substituents is 1. The van der Waals surface area contributed by atoms with Gasteiger partial charge < -0.3 is 9.30 Å². The number of nitro groups is 1. The van der Waals surface area contributed by atoms with E-state index in [4.69, 9.17) is 16.3 Å². The number of Topliss-reactive ketones (excluding diaryl/α,β-unsaturated/α-hetero) is 1. The molecule has 3 aromatic rings. The first-order valence-corrected chi connectivity index (χ1v) is 10.9. The molecule has 2 aromatic carbocycles. The molecule has 0 fully saturated rings. The number of aromatic nitrogens is 3. The molecule has 0 aliphatic rings. The van der Waals surface area contributed by atoms with E-state index >= 15 is 0 Å². The van der Waals surface area contributed by atoms with Gasteiger partial charge >= 0.3 is 0 Å². The standard InChI is InChI=1S/C19H16BrClN4O4S/c1-3-24-18(14-8-11(21)4-7-17(14)29-2)22-23-19(24)30-10-16(26)13-9-12(25(27)28)5-6-15(13)20/h4-9H,3,10H2,1-2H3. The Morgan fingerprint density at radius 2 is 2.07 bits per heavy atom. The van der Waals surface area contributed by atoms with E-state index in [0.717, 1.165) is 0 Å². The molecule has 0 atom stereocenters. The predicted octanol–water partition coefficient (Wildman–Crippen LogP) is 5.27. The van der Waals surface area contributed by atoms with Gasteiger partial charge in [0.05, 0.1) is 23.3 Å². The summed E-state index contributed by atoms with van der Waals surface area (Å²) >= 11 is 10.6. The summed E-state index contributed by atoms with van der Waals surface area (Å²) in [6, 6.07) is 9.32. The number of hydrogen-bond donors (Lipinski definition) is 0. The van der Waals surface area contributed by atoms with Crippen molar-refractivity contribution in [1.29, 1.82) is 0 Å². The molecule has 0 saturated heterocycles. The van der Waals surface area contributed by atoms with Gasteiger partial charge in [0, 0.05) is 33.7 Å². The number of ether oxygens (including phenoxy) is 1. The number of benzene rings is 2. The van der Waals surface area contributed by atoms with Crippen molar-refractivity contribution in [3.63, 3.8) is 0 Å². The molecule has 0 spiro atoms. The molecule has 0 unspecified atom stereocenters. The van der Waals surface area contributed by atoms with Crippen LogP contribution in [0.1, 0.15) is 17.3 Å². The molecule has 1 heterocycles. The van der Waals surface area contributed by atoms with Crippen molar-refractivity contribution >= 4 is 50.8 Å². The number of carbonyl (C=O) groups excluding carboxylic acids is 1. The number of hydrogen-bond acceptors (Lipinski definition) is 7. The largest absolute Gasteiger partial charge is 0.496 e. The van der Waals surface area contributed by atoms with E-state index in [1.54, 1.807) is 25.3 Å². The molecule has 30 heavy (non-hydrogen) atoms. The third-order valence-electron chi connectivity index (χ3n) is 4.23. The van der Waals surface area contributed by atoms with Crippen LogP contribution in [0, 0.1) is 10.1 Å². The van der Waals surface area contributed by atoms with Crippen LogP contribution in [0.3, 0.4) is 0 Å². The monoisotopic (exact) mass is 510 g/mol. The van der Waals surface area contributed by atoms with Crippen molar-refractivity contribution in [3.05, 3.63) is 61.6 Å². The molecule has 0 N–H and O–H groups in total. The van der Waals surface area contributed by atoms with Gasteiger partial charge in [-0.15, -0.1) is 10.2 Å². The van der Waals surface area contributed by atoms with Gasteiger partial charge in [0.2, 0.25) is 0 Å². The molecular formula is C19H16BrClN4O4S. The second kappa shape index (κ2) is 9.59. The van der Waals surface area contributed by atoms with E-state index in [-0.39, 0.29) is 22.8 Å². The van der Waals surface area contributed by atoms with Crippen molar-refractivity contribution in [1.82, 2.24) is 14.8 Å². The van der Waals surface area contributed by atoms with Gasteiger partial charge in [0.25, 0.3) is 5.69 Å². The van der Waals surface area contributed by atoms with Crippen LogP contribution < -0.4 is 4.74 Å². The fraction of sp³-hybridized carbons (Fsp3) is 0.211. The normalized spacial score (nSPS) is 10.8. The minimum Gasteiger partial charge on any atom is -0.496 e. The number of carbonyl (C=O) groups is 1. The van der Waals surface area contributed by atoms with Crippen LogP contribution in [-0.4, -0.2) is 38.3 Å². The maximum absolute atomic E-state index is 12.7. The van der Waals surface area contributed by atoms with Gasteiger partial charge in [-0.2, -0.15) is 0 Å². The highest BCUT2D eigenvalue weighted by atomic mass is 79.9. The predicted molar refractivity (Wildman–Crippen MR) is 119 cm³/mol. The molecule has 0 aliphatic carbocycles. The molecule has 8 nitrogen and oxygen atoms in total. The minimum atomic E-state index is -0.533. The molecule has 156 valence electrons. The Bertz CT molecular complexity index is 1120. The highest BCUT2D eigenvalue weighted by Gasteiger charge is 2.20.